The summed E-state index contributed by atoms with van der Waals surface area (Å²) in [5, 5.41) is 12.1. The van der Waals surface area contributed by atoms with E-state index in [-0.39, 0.29) is 6.54 Å². The fraction of sp³-hybridized carbons (Fsp3) is 0.286. The molecule has 9 nitrogen and oxygen atoms in total. The van der Waals surface area contributed by atoms with Crippen LogP contribution < -0.4 is 15.0 Å². The first-order valence-corrected chi connectivity index (χ1v) is 10.1. The van der Waals surface area contributed by atoms with Gasteiger partial charge in [0.15, 0.2) is 12.1 Å². The number of carbonyl (C=O) groups excluding carboxylic acids is 3. The van der Waals surface area contributed by atoms with E-state index in [0.29, 0.717) is 28.8 Å². The fourth-order valence-electron chi connectivity index (χ4n) is 3.52. The number of benzene rings is 2. The number of halogens is 1. The molecule has 0 aromatic heterocycles. The molecule has 0 spiro atoms. The molecule has 0 radical (unpaired) electrons. The van der Waals surface area contributed by atoms with Crippen LogP contribution in [0, 0.1) is 6.92 Å². The molecule has 10 heteroatoms. The number of hydrogen-bond donors (Lipinski definition) is 1. The van der Waals surface area contributed by atoms with Crippen molar-refractivity contribution in [3.8, 4) is 5.75 Å². The van der Waals surface area contributed by atoms with Crippen molar-refractivity contribution >= 4 is 40.7 Å². The van der Waals surface area contributed by atoms with Crippen LogP contribution in [0.15, 0.2) is 52.8 Å². The summed E-state index contributed by atoms with van der Waals surface area (Å²) in [6, 6.07) is 9.95. The maximum Gasteiger partial charge on any atom is 0.263 e. The zero-order chi connectivity index (χ0) is 22.1. The number of amides is 3. The largest absolute Gasteiger partial charge is 0.494 e. The second-order valence-corrected chi connectivity index (χ2v) is 7.57. The Morgan fingerprint density at radius 2 is 1.90 bits per heavy atom. The molecule has 31 heavy (non-hydrogen) atoms. The van der Waals surface area contributed by atoms with Crippen LogP contribution in [0.5, 0.6) is 5.75 Å². The Morgan fingerprint density at radius 3 is 2.58 bits per heavy atom. The summed E-state index contributed by atoms with van der Waals surface area (Å²) >= 11 is 6.15. The zero-order valence-corrected chi connectivity index (χ0v) is 17.7. The van der Waals surface area contributed by atoms with Crippen LogP contribution in [-0.2, 0) is 14.4 Å². The van der Waals surface area contributed by atoms with E-state index in [1.54, 1.807) is 36.4 Å². The van der Waals surface area contributed by atoms with Crippen molar-refractivity contribution in [3.05, 3.63) is 53.1 Å². The summed E-state index contributed by atoms with van der Waals surface area (Å²) in [6.45, 7) is 4.02. The number of aryl methyl sites for hydroxylation is 1. The van der Waals surface area contributed by atoms with Crippen molar-refractivity contribution in [1.29, 1.82) is 0 Å². The molecule has 160 valence electrons. The maximum absolute atomic E-state index is 13.0. The molecule has 2 aromatic carbocycles. The van der Waals surface area contributed by atoms with Crippen molar-refractivity contribution in [2.24, 2.45) is 10.3 Å². The third-order valence-electron chi connectivity index (χ3n) is 4.97. The number of nitrogens with one attached hydrogen (secondary N) is 1. The molecular weight excluding hydrogens is 422 g/mol. The van der Waals surface area contributed by atoms with Gasteiger partial charge in [-0.1, -0.05) is 22.9 Å². The summed E-state index contributed by atoms with van der Waals surface area (Å²) in [7, 11) is 0. The van der Waals surface area contributed by atoms with E-state index in [1.807, 2.05) is 19.9 Å². The Bertz CT molecular complexity index is 1070. The molecule has 0 bridgehead atoms. The molecule has 1 fully saturated rings. The lowest BCUT2D eigenvalue weighted by molar-refractivity contribution is -0.123. The predicted molar refractivity (Wildman–Crippen MR) is 114 cm³/mol. The van der Waals surface area contributed by atoms with Crippen molar-refractivity contribution in [1.82, 2.24) is 5.01 Å². The first-order valence-electron chi connectivity index (χ1n) is 9.73. The third kappa shape index (κ3) is 3.96. The van der Waals surface area contributed by atoms with Crippen molar-refractivity contribution in [2.45, 2.75) is 25.9 Å². The number of fused-ring (bicyclic) bond motifs is 1. The molecule has 0 unspecified atom stereocenters. The van der Waals surface area contributed by atoms with Crippen LogP contribution in [0.1, 0.15) is 12.5 Å². The Balaban J connectivity index is 1.47. The smallest absolute Gasteiger partial charge is 0.263 e. The summed E-state index contributed by atoms with van der Waals surface area (Å²) in [5.41, 5.74) is 1.83. The summed E-state index contributed by atoms with van der Waals surface area (Å²) in [4.78, 5) is 39.4. The van der Waals surface area contributed by atoms with Gasteiger partial charge in [-0.25, -0.2) is 4.90 Å². The monoisotopic (exact) mass is 441 g/mol. The SMILES string of the molecule is CCOc1ccc(N2C(=O)[C@@H]3[C@@H](N=NN3CC(=O)Nc3ccc(C)cc3Cl)C2=O)cc1. The number of hydrogen-bond acceptors (Lipinski definition) is 7. The van der Waals surface area contributed by atoms with E-state index in [2.05, 4.69) is 15.7 Å². The fourth-order valence-corrected chi connectivity index (χ4v) is 3.81. The Hall–Kier alpha value is -3.46. The van der Waals surface area contributed by atoms with E-state index in [0.717, 1.165) is 10.5 Å². The maximum atomic E-state index is 13.0. The Kier molecular flexibility index (Phi) is 5.60. The van der Waals surface area contributed by atoms with Gasteiger partial charge >= 0.3 is 0 Å². The van der Waals surface area contributed by atoms with E-state index < -0.39 is 29.8 Å². The molecule has 1 N–H and O–H groups in total. The normalized spacial score (nSPS) is 19.7. The molecule has 2 aliphatic rings. The Morgan fingerprint density at radius 1 is 1.16 bits per heavy atom. The molecule has 2 atom stereocenters. The van der Waals surface area contributed by atoms with E-state index >= 15 is 0 Å². The van der Waals surface area contributed by atoms with Gasteiger partial charge < -0.3 is 10.1 Å². The topological polar surface area (TPSA) is 104 Å². The van der Waals surface area contributed by atoms with Gasteiger partial charge in [-0.05, 0) is 55.8 Å². The highest BCUT2D eigenvalue weighted by Gasteiger charge is 2.55. The summed E-state index contributed by atoms with van der Waals surface area (Å²) in [5.74, 6) is -0.749. The average molecular weight is 442 g/mol. The van der Waals surface area contributed by atoms with Gasteiger partial charge in [0.05, 0.1) is 23.0 Å². The van der Waals surface area contributed by atoms with Crippen molar-refractivity contribution in [2.75, 3.05) is 23.4 Å². The molecular formula is C21H20ClN5O4. The lowest BCUT2D eigenvalue weighted by Gasteiger charge is -2.20. The quantitative estimate of drug-likeness (QED) is 0.694. The molecule has 1 saturated heterocycles. The second-order valence-electron chi connectivity index (χ2n) is 7.16. The van der Waals surface area contributed by atoms with Crippen LogP contribution in [0.3, 0.4) is 0 Å². The summed E-state index contributed by atoms with van der Waals surface area (Å²) in [6.07, 6.45) is 0. The van der Waals surface area contributed by atoms with Gasteiger partial charge in [0.1, 0.15) is 12.3 Å². The van der Waals surface area contributed by atoms with Gasteiger partial charge in [-0.2, -0.15) is 5.11 Å². The predicted octanol–water partition coefficient (Wildman–Crippen LogP) is 2.98. The number of carbonyl (C=O) groups is 3. The standard InChI is InChI=1S/C21H20ClN5O4/c1-3-31-14-7-5-13(6-8-14)27-20(29)18-19(21(27)30)26(25-24-18)11-17(28)23-16-9-4-12(2)10-15(16)22/h4-10,18-19H,3,11H2,1-2H3,(H,23,28)/t18-,19+/m1/s1. The van der Waals surface area contributed by atoms with E-state index in [1.165, 1.54) is 5.01 Å². The molecule has 0 aliphatic carbocycles. The van der Waals surface area contributed by atoms with Gasteiger partial charge in [0.2, 0.25) is 5.91 Å². The molecule has 2 aromatic rings. The minimum absolute atomic E-state index is 0.245. The number of anilines is 2. The number of ether oxygens (including phenoxy) is 1. The van der Waals surface area contributed by atoms with Crippen LogP contribution in [-0.4, -0.2) is 48.0 Å². The first kappa shape index (κ1) is 20.8. The van der Waals surface area contributed by atoms with Crippen molar-refractivity contribution < 1.29 is 19.1 Å². The highest BCUT2D eigenvalue weighted by Crippen LogP contribution is 2.32. The number of nitrogens with zero attached hydrogens (tertiary/aromatic N) is 4. The average Bonchev–Trinajstić information content (AvgIpc) is 3.25. The van der Waals surface area contributed by atoms with Gasteiger partial charge in [-0.15, -0.1) is 0 Å². The number of rotatable bonds is 6. The van der Waals surface area contributed by atoms with Crippen LogP contribution in [0.2, 0.25) is 5.02 Å². The van der Waals surface area contributed by atoms with Gasteiger partial charge in [0.25, 0.3) is 11.8 Å². The molecule has 0 saturated carbocycles. The summed E-state index contributed by atoms with van der Waals surface area (Å²) < 4.78 is 5.39. The molecule has 3 amide bonds. The minimum Gasteiger partial charge on any atom is -0.494 e. The minimum atomic E-state index is -0.977. The van der Waals surface area contributed by atoms with Crippen LogP contribution in [0.25, 0.3) is 0 Å². The lowest BCUT2D eigenvalue weighted by atomic mass is 10.1. The van der Waals surface area contributed by atoms with E-state index in [9.17, 15) is 14.4 Å². The van der Waals surface area contributed by atoms with Crippen LogP contribution in [0.4, 0.5) is 11.4 Å². The number of imide groups is 1. The molecule has 4 rings (SSSR count). The van der Waals surface area contributed by atoms with E-state index in [4.69, 9.17) is 16.3 Å². The van der Waals surface area contributed by atoms with Crippen molar-refractivity contribution in [3.63, 3.8) is 0 Å². The zero-order valence-electron chi connectivity index (χ0n) is 16.9. The first-order chi connectivity index (χ1) is 14.9. The van der Waals surface area contributed by atoms with Crippen LogP contribution >= 0.6 is 11.6 Å². The molecule has 2 aliphatic heterocycles. The van der Waals surface area contributed by atoms with Gasteiger partial charge in [-0.3, -0.25) is 19.4 Å². The molecule has 2 heterocycles. The highest BCUT2D eigenvalue weighted by molar-refractivity contribution is 6.33. The third-order valence-corrected chi connectivity index (χ3v) is 5.28. The lowest BCUT2D eigenvalue weighted by Crippen LogP contribution is -2.43. The highest BCUT2D eigenvalue weighted by atomic mass is 35.5. The second kappa shape index (κ2) is 8.35. The Labute approximate surface area is 183 Å². The van der Waals surface area contributed by atoms with Gasteiger partial charge in [0, 0.05) is 0 Å².